The van der Waals surface area contributed by atoms with E-state index in [9.17, 15) is 13.2 Å². The number of aromatic nitrogens is 2. The van der Waals surface area contributed by atoms with Gasteiger partial charge in [-0.1, -0.05) is 42.9 Å². The van der Waals surface area contributed by atoms with Gasteiger partial charge in [-0.3, -0.25) is 4.79 Å². The van der Waals surface area contributed by atoms with Crippen molar-refractivity contribution in [2.24, 2.45) is 5.92 Å². The number of thioether (sulfide) groups is 1. The molecule has 0 unspecified atom stereocenters. The van der Waals surface area contributed by atoms with Crippen molar-refractivity contribution in [1.82, 2.24) is 14.9 Å². The van der Waals surface area contributed by atoms with Crippen LogP contribution in [-0.2, 0) is 14.8 Å². The van der Waals surface area contributed by atoms with Gasteiger partial charge in [-0.15, -0.1) is 22.0 Å². The average molecular weight is 401 g/mol. The first-order valence-corrected chi connectivity index (χ1v) is 10.9. The highest BCUT2D eigenvalue weighted by molar-refractivity contribution is 7.99. The molecule has 1 aromatic heterocycles. The van der Waals surface area contributed by atoms with Crippen molar-refractivity contribution < 1.29 is 13.2 Å². The molecule has 0 radical (unpaired) electrons. The van der Waals surface area contributed by atoms with Gasteiger partial charge >= 0.3 is 0 Å². The number of carbonyl (C=O) groups is 1. The minimum Gasteiger partial charge on any atom is -0.300 e. The zero-order chi connectivity index (χ0) is 18.4. The van der Waals surface area contributed by atoms with Crippen LogP contribution < -0.4 is 10.0 Å². The second-order valence-corrected chi connectivity index (χ2v) is 9.66. The maximum absolute atomic E-state index is 12.2. The predicted molar refractivity (Wildman–Crippen MR) is 100 cm³/mol. The van der Waals surface area contributed by atoms with Gasteiger partial charge in [-0.2, -0.15) is 0 Å². The summed E-state index contributed by atoms with van der Waals surface area (Å²) in [6.07, 6.45) is 0. The smallest absolute Gasteiger partial charge is 0.269 e. The largest absolute Gasteiger partial charge is 0.300 e. The van der Waals surface area contributed by atoms with Gasteiger partial charge in [0.05, 0.1) is 0 Å². The number of anilines is 1. The van der Waals surface area contributed by atoms with Crippen LogP contribution in [0, 0.1) is 12.8 Å². The summed E-state index contributed by atoms with van der Waals surface area (Å²) in [6.45, 7) is 5.76. The zero-order valence-electron chi connectivity index (χ0n) is 14.1. The molecule has 0 aliphatic rings. The standard InChI is InChI=1S/C15H20N4O3S3/c1-10(2)13(20)17-14-18-19-15(24-14)25(21,22)16-8-9-23-12-6-4-11(3)5-7-12/h4-7,10,16H,8-9H2,1-3H3,(H,17,18,20). The molecule has 2 N–H and O–H groups in total. The first-order valence-electron chi connectivity index (χ1n) is 7.61. The van der Waals surface area contributed by atoms with E-state index in [1.54, 1.807) is 25.6 Å². The van der Waals surface area contributed by atoms with E-state index in [0.717, 1.165) is 16.2 Å². The molecule has 0 bridgehead atoms. The Hall–Kier alpha value is -1.49. The van der Waals surface area contributed by atoms with Crippen LogP contribution >= 0.6 is 23.1 Å². The maximum Gasteiger partial charge on any atom is 0.269 e. The van der Waals surface area contributed by atoms with Crippen LogP contribution in [0.15, 0.2) is 33.5 Å². The molecule has 0 saturated carbocycles. The fourth-order valence-corrected chi connectivity index (χ4v) is 4.53. The van der Waals surface area contributed by atoms with Crippen molar-refractivity contribution in [2.75, 3.05) is 17.6 Å². The van der Waals surface area contributed by atoms with Gasteiger partial charge < -0.3 is 5.32 Å². The van der Waals surface area contributed by atoms with Crippen molar-refractivity contribution >= 4 is 44.2 Å². The molecule has 0 spiro atoms. The Morgan fingerprint density at radius 2 is 1.92 bits per heavy atom. The molecule has 0 aliphatic carbocycles. The van der Waals surface area contributed by atoms with Gasteiger partial charge in [0.25, 0.3) is 10.0 Å². The van der Waals surface area contributed by atoms with Crippen LogP contribution in [-0.4, -0.2) is 36.8 Å². The Bertz CT molecular complexity index is 817. The number of aryl methyl sites for hydroxylation is 1. The molecule has 1 aromatic carbocycles. The van der Waals surface area contributed by atoms with Gasteiger partial charge in [0.15, 0.2) is 0 Å². The molecule has 2 rings (SSSR count). The first kappa shape index (κ1) is 19.8. The van der Waals surface area contributed by atoms with Gasteiger partial charge in [0, 0.05) is 23.1 Å². The molecule has 7 nitrogen and oxygen atoms in total. The van der Waals surface area contributed by atoms with Crippen LogP contribution in [0.3, 0.4) is 0 Å². The average Bonchev–Trinajstić information content (AvgIpc) is 3.02. The summed E-state index contributed by atoms with van der Waals surface area (Å²) in [5, 5.41) is 10.1. The normalized spacial score (nSPS) is 11.7. The monoisotopic (exact) mass is 400 g/mol. The molecule has 1 amide bonds. The number of rotatable bonds is 8. The zero-order valence-corrected chi connectivity index (χ0v) is 16.6. The number of benzene rings is 1. The van der Waals surface area contributed by atoms with Crippen LogP contribution in [0.4, 0.5) is 5.13 Å². The summed E-state index contributed by atoms with van der Waals surface area (Å²) < 4.78 is 26.7. The minimum absolute atomic E-state index is 0.160. The lowest BCUT2D eigenvalue weighted by Gasteiger charge is -2.04. The SMILES string of the molecule is Cc1ccc(SCCNS(=O)(=O)c2nnc(NC(=O)C(C)C)s2)cc1. The summed E-state index contributed by atoms with van der Waals surface area (Å²) in [4.78, 5) is 12.7. The molecule has 25 heavy (non-hydrogen) atoms. The fraction of sp³-hybridized carbons (Fsp3) is 0.400. The summed E-state index contributed by atoms with van der Waals surface area (Å²) in [5.41, 5.74) is 1.18. The highest BCUT2D eigenvalue weighted by atomic mass is 32.2. The Kier molecular flexibility index (Phi) is 6.94. The van der Waals surface area contributed by atoms with Crippen molar-refractivity contribution in [3.8, 4) is 0 Å². The lowest BCUT2D eigenvalue weighted by molar-refractivity contribution is -0.118. The molecule has 10 heteroatoms. The second kappa shape index (κ2) is 8.75. The third kappa shape index (κ3) is 6.07. The number of nitrogens with one attached hydrogen (secondary N) is 2. The van der Waals surface area contributed by atoms with Crippen LogP contribution in [0.25, 0.3) is 0 Å². The Labute approximate surface area is 155 Å². The minimum atomic E-state index is -3.73. The van der Waals surface area contributed by atoms with Crippen LogP contribution in [0.1, 0.15) is 19.4 Å². The molecule has 0 aliphatic heterocycles. The molecule has 0 atom stereocenters. The number of nitrogens with zero attached hydrogens (tertiary/aromatic N) is 2. The van der Waals surface area contributed by atoms with E-state index in [-0.39, 0.29) is 27.8 Å². The van der Waals surface area contributed by atoms with E-state index in [1.165, 1.54) is 5.56 Å². The predicted octanol–water partition coefficient (Wildman–Crippen LogP) is 2.51. The van der Waals surface area contributed by atoms with Crippen LogP contribution in [0.2, 0.25) is 0 Å². The lowest BCUT2D eigenvalue weighted by Crippen LogP contribution is -2.25. The Balaban J connectivity index is 1.85. The summed E-state index contributed by atoms with van der Waals surface area (Å²) in [6, 6.07) is 8.04. The highest BCUT2D eigenvalue weighted by Gasteiger charge is 2.20. The van der Waals surface area contributed by atoms with Crippen molar-refractivity contribution in [3.05, 3.63) is 29.8 Å². The third-order valence-corrected chi connectivity index (χ3v) is 6.76. The fourth-order valence-electron chi connectivity index (χ4n) is 1.66. The van der Waals surface area contributed by atoms with Crippen LogP contribution in [0.5, 0.6) is 0 Å². The molecule has 0 saturated heterocycles. The van der Waals surface area contributed by atoms with E-state index in [1.807, 2.05) is 31.2 Å². The van der Waals surface area contributed by atoms with E-state index in [0.29, 0.717) is 5.75 Å². The van der Waals surface area contributed by atoms with Crippen molar-refractivity contribution in [2.45, 2.75) is 30.0 Å². The van der Waals surface area contributed by atoms with Crippen molar-refractivity contribution in [1.29, 1.82) is 0 Å². The van der Waals surface area contributed by atoms with E-state index in [4.69, 9.17) is 0 Å². The quantitative estimate of drug-likeness (QED) is 0.401. The molecular weight excluding hydrogens is 380 g/mol. The number of carbonyl (C=O) groups excluding carboxylic acids is 1. The van der Waals surface area contributed by atoms with E-state index < -0.39 is 10.0 Å². The second-order valence-electron chi connectivity index (χ2n) is 5.58. The molecule has 1 heterocycles. The number of hydrogen-bond acceptors (Lipinski definition) is 7. The summed E-state index contributed by atoms with van der Waals surface area (Å²) in [7, 11) is -3.73. The summed E-state index contributed by atoms with van der Waals surface area (Å²) >= 11 is 2.40. The molecule has 136 valence electrons. The summed E-state index contributed by atoms with van der Waals surface area (Å²) in [5.74, 6) is 0.140. The first-order chi connectivity index (χ1) is 11.8. The van der Waals surface area contributed by atoms with E-state index >= 15 is 0 Å². The molecular formula is C15H20N4O3S3. The Morgan fingerprint density at radius 1 is 1.24 bits per heavy atom. The van der Waals surface area contributed by atoms with E-state index in [2.05, 4.69) is 20.2 Å². The molecule has 2 aromatic rings. The third-order valence-electron chi connectivity index (χ3n) is 3.07. The maximum atomic E-state index is 12.2. The van der Waals surface area contributed by atoms with Crippen molar-refractivity contribution in [3.63, 3.8) is 0 Å². The van der Waals surface area contributed by atoms with Gasteiger partial charge in [0.2, 0.25) is 15.4 Å². The Morgan fingerprint density at radius 3 is 2.56 bits per heavy atom. The van der Waals surface area contributed by atoms with Gasteiger partial charge in [0.1, 0.15) is 0 Å². The molecule has 0 fully saturated rings. The van der Waals surface area contributed by atoms with Gasteiger partial charge in [-0.25, -0.2) is 13.1 Å². The highest BCUT2D eigenvalue weighted by Crippen LogP contribution is 2.21. The number of sulfonamides is 1. The number of hydrogen-bond donors (Lipinski definition) is 2. The number of amides is 1. The van der Waals surface area contributed by atoms with Gasteiger partial charge in [-0.05, 0) is 19.1 Å². The lowest BCUT2D eigenvalue weighted by atomic mass is 10.2. The topological polar surface area (TPSA) is 101 Å².